The van der Waals surface area contributed by atoms with E-state index in [9.17, 15) is 0 Å². The molecule has 0 spiro atoms. The van der Waals surface area contributed by atoms with Gasteiger partial charge in [-0.2, -0.15) is 5.10 Å². The standard InChI is InChI=1S/C14H23N5S/c1-4-11-12-13(18(3)16-11)19(14(20)15-12)9-10-5-7-17(2)8-6-10/h10H,4-9H2,1-3H3,(H,15,20). The molecule has 1 saturated heterocycles. The number of aromatic amines is 1. The number of fused-ring (bicyclic) bond motifs is 1. The summed E-state index contributed by atoms with van der Waals surface area (Å²) in [5.74, 6) is 0.719. The number of hydrogen-bond acceptors (Lipinski definition) is 3. The number of nitrogens with zero attached hydrogens (tertiary/aromatic N) is 4. The minimum Gasteiger partial charge on any atom is -0.328 e. The SMILES string of the molecule is CCc1nn(C)c2c1[nH]c(=S)n2CC1CCN(C)CC1. The third kappa shape index (κ3) is 2.31. The molecular weight excluding hydrogens is 270 g/mol. The van der Waals surface area contributed by atoms with Crippen LogP contribution in [0, 0.1) is 10.7 Å². The largest absolute Gasteiger partial charge is 0.328 e. The van der Waals surface area contributed by atoms with E-state index in [1.165, 1.54) is 25.9 Å². The van der Waals surface area contributed by atoms with Crippen molar-refractivity contribution in [1.29, 1.82) is 0 Å². The van der Waals surface area contributed by atoms with E-state index < -0.39 is 0 Å². The fourth-order valence-corrected chi connectivity index (χ4v) is 3.46. The first-order valence-corrected chi connectivity index (χ1v) is 7.84. The molecule has 3 rings (SSSR count). The number of rotatable bonds is 3. The Bertz CT molecular complexity index is 657. The summed E-state index contributed by atoms with van der Waals surface area (Å²) in [4.78, 5) is 5.75. The summed E-state index contributed by atoms with van der Waals surface area (Å²) in [6, 6.07) is 0. The molecule has 0 bridgehead atoms. The van der Waals surface area contributed by atoms with Crippen molar-refractivity contribution in [3.05, 3.63) is 10.5 Å². The number of imidazole rings is 1. The first-order valence-electron chi connectivity index (χ1n) is 7.43. The van der Waals surface area contributed by atoms with E-state index in [0.29, 0.717) is 0 Å². The Morgan fingerprint density at radius 2 is 2.00 bits per heavy atom. The molecule has 2 aromatic heterocycles. The Hall–Kier alpha value is -1.14. The Kier molecular flexibility index (Phi) is 3.69. The zero-order valence-electron chi connectivity index (χ0n) is 12.5. The second kappa shape index (κ2) is 5.33. The maximum Gasteiger partial charge on any atom is 0.179 e. The van der Waals surface area contributed by atoms with Crippen LogP contribution in [0.3, 0.4) is 0 Å². The average Bonchev–Trinajstić information content (AvgIpc) is 2.91. The highest BCUT2D eigenvalue weighted by Crippen LogP contribution is 2.23. The van der Waals surface area contributed by atoms with Crippen LogP contribution in [-0.4, -0.2) is 44.4 Å². The fourth-order valence-electron chi connectivity index (χ4n) is 3.20. The molecule has 0 aromatic carbocycles. The molecule has 0 aliphatic carbocycles. The third-order valence-electron chi connectivity index (χ3n) is 4.44. The lowest BCUT2D eigenvalue weighted by Crippen LogP contribution is -2.32. The van der Waals surface area contributed by atoms with Gasteiger partial charge in [-0.1, -0.05) is 6.92 Å². The highest BCUT2D eigenvalue weighted by atomic mass is 32.1. The zero-order chi connectivity index (χ0) is 14.3. The maximum atomic E-state index is 5.52. The van der Waals surface area contributed by atoms with E-state index in [1.54, 1.807) is 0 Å². The van der Waals surface area contributed by atoms with Gasteiger partial charge in [-0.15, -0.1) is 0 Å². The van der Waals surface area contributed by atoms with Gasteiger partial charge >= 0.3 is 0 Å². The highest BCUT2D eigenvalue weighted by molar-refractivity contribution is 7.71. The molecule has 3 heterocycles. The molecule has 110 valence electrons. The summed E-state index contributed by atoms with van der Waals surface area (Å²) >= 11 is 5.52. The van der Waals surface area contributed by atoms with E-state index in [1.807, 2.05) is 11.7 Å². The number of H-pyrrole nitrogens is 1. The van der Waals surface area contributed by atoms with Crippen molar-refractivity contribution in [1.82, 2.24) is 24.2 Å². The Morgan fingerprint density at radius 1 is 1.30 bits per heavy atom. The van der Waals surface area contributed by atoms with E-state index >= 15 is 0 Å². The van der Waals surface area contributed by atoms with Gasteiger partial charge in [0.15, 0.2) is 10.4 Å². The normalized spacial score (nSPS) is 18.1. The molecule has 1 fully saturated rings. The molecule has 1 aliphatic rings. The predicted molar refractivity (Wildman–Crippen MR) is 83.5 cm³/mol. The second-order valence-corrected chi connectivity index (χ2v) is 6.30. The van der Waals surface area contributed by atoms with Gasteiger partial charge in [-0.25, -0.2) is 0 Å². The molecule has 2 aromatic rings. The molecule has 0 unspecified atom stereocenters. The smallest absolute Gasteiger partial charge is 0.179 e. The summed E-state index contributed by atoms with van der Waals surface area (Å²) in [6.07, 6.45) is 3.44. The minimum atomic E-state index is 0.719. The van der Waals surface area contributed by atoms with Gasteiger partial charge in [0.2, 0.25) is 0 Å². The fraction of sp³-hybridized carbons (Fsp3) is 0.714. The average molecular weight is 293 g/mol. The quantitative estimate of drug-likeness (QED) is 0.883. The number of aromatic nitrogens is 4. The highest BCUT2D eigenvalue weighted by Gasteiger charge is 2.20. The van der Waals surface area contributed by atoms with Crippen LogP contribution in [0.4, 0.5) is 0 Å². The van der Waals surface area contributed by atoms with Crippen LogP contribution in [0.1, 0.15) is 25.5 Å². The number of nitrogens with one attached hydrogen (secondary N) is 1. The van der Waals surface area contributed by atoms with Gasteiger partial charge in [0.05, 0.1) is 5.69 Å². The number of aryl methyl sites for hydroxylation is 2. The maximum absolute atomic E-state index is 5.52. The molecule has 0 radical (unpaired) electrons. The van der Waals surface area contributed by atoms with Gasteiger partial charge < -0.3 is 14.5 Å². The molecule has 6 heteroatoms. The van der Waals surface area contributed by atoms with Gasteiger partial charge in [0.1, 0.15) is 5.52 Å². The molecule has 0 amide bonds. The van der Waals surface area contributed by atoms with E-state index in [0.717, 1.165) is 40.5 Å². The molecule has 0 atom stereocenters. The summed E-state index contributed by atoms with van der Waals surface area (Å²) < 4.78 is 5.05. The van der Waals surface area contributed by atoms with Crippen molar-refractivity contribution in [3.63, 3.8) is 0 Å². The first kappa shape index (κ1) is 13.8. The predicted octanol–water partition coefficient (Wildman–Crippen LogP) is 2.34. The number of hydrogen-bond donors (Lipinski definition) is 1. The number of likely N-dealkylation sites (tertiary alicyclic amines) is 1. The molecule has 5 nitrogen and oxygen atoms in total. The van der Waals surface area contributed by atoms with Crippen molar-refractivity contribution in [2.24, 2.45) is 13.0 Å². The Morgan fingerprint density at radius 3 is 2.65 bits per heavy atom. The van der Waals surface area contributed by atoms with Crippen molar-refractivity contribution < 1.29 is 0 Å². The molecular formula is C14H23N5S. The van der Waals surface area contributed by atoms with Crippen LogP contribution >= 0.6 is 12.2 Å². The summed E-state index contributed by atoms with van der Waals surface area (Å²) in [5.41, 5.74) is 3.37. The minimum absolute atomic E-state index is 0.719. The Labute approximate surface area is 124 Å². The van der Waals surface area contributed by atoms with Crippen LogP contribution < -0.4 is 0 Å². The molecule has 1 aliphatic heterocycles. The van der Waals surface area contributed by atoms with E-state index in [4.69, 9.17) is 12.2 Å². The summed E-state index contributed by atoms with van der Waals surface area (Å²) in [6.45, 7) is 5.52. The lowest BCUT2D eigenvalue weighted by atomic mass is 9.97. The monoisotopic (exact) mass is 293 g/mol. The molecule has 0 saturated carbocycles. The van der Waals surface area contributed by atoms with Crippen LogP contribution in [-0.2, 0) is 20.0 Å². The lowest BCUT2D eigenvalue weighted by Gasteiger charge is -2.29. The van der Waals surface area contributed by atoms with Crippen molar-refractivity contribution in [3.8, 4) is 0 Å². The third-order valence-corrected chi connectivity index (χ3v) is 4.76. The zero-order valence-corrected chi connectivity index (χ0v) is 13.3. The van der Waals surface area contributed by atoms with Crippen LogP contribution in [0.2, 0.25) is 0 Å². The lowest BCUT2D eigenvalue weighted by molar-refractivity contribution is 0.205. The summed E-state index contributed by atoms with van der Waals surface area (Å²) in [5, 5.41) is 4.59. The second-order valence-electron chi connectivity index (χ2n) is 5.91. The summed E-state index contributed by atoms with van der Waals surface area (Å²) in [7, 11) is 4.21. The Balaban J connectivity index is 1.93. The van der Waals surface area contributed by atoms with Gasteiger partial charge in [0, 0.05) is 13.6 Å². The van der Waals surface area contributed by atoms with Crippen LogP contribution in [0.25, 0.3) is 11.2 Å². The molecule has 1 N–H and O–H groups in total. The van der Waals surface area contributed by atoms with E-state index in [2.05, 4.69) is 33.5 Å². The van der Waals surface area contributed by atoms with Crippen LogP contribution in [0.5, 0.6) is 0 Å². The van der Waals surface area contributed by atoms with Gasteiger partial charge in [-0.3, -0.25) is 4.68 Å². The molecule has 20 heavy (non-hydrogen) atoms. The topological polar surface area (TPSA) is 41.8 Å². The van der Waals surface area contributed by atoms with Crippen molar-refractivity contribution in [2.45, 2.75) is 32.7 Å². The van der Waals surface area contributed by atoms with Crippen LogP contribution in [0.15, 0.2) is 0 Å². The van der Waals surface area contributed by atoms with E-state index in [-0.39, 0.29) is 0 Å². The van der Waals surface area contributed by atoms with Crippen molar-refractivity contribution >= 4 is 23.4 Å². The van der Waals surface area contributed by atoms with Gasteiger partial charge in [0.25, 0.3) is 0 Å². The van der Waals surface area contributed by atoms with Crippen molar-refractivity contribution in [2.75, 3.05) is 20.1 Å². The number of piperidine rings is 1. The van der Waals surface area contributed by atoms with Gasteiger partial charge in [-0.05, 0) is 57.5 Å². The first-order chi connectivity index (χ1) is 9.60.